The van der Waals surface area contributed by atoms with Gasteiger partial charge in [0.05, 0.1) is 0 Å². The molecule has 1 N–H and O–H groups in total. The summed E-state index contributed by atoms with van der Waals surface area (Å²) in [6, 6.07) is 6.36. The van der Waals surface area contributed by atoms with E-state index in [0.717, 1.165) is 29.9 Å². The number of amides is 1. The molecule has 3 unspecified atom stereocenters. The van der Waals surface area contributed by atoms with E-state index in [-0.39, 0.29) is 5.91 Å². The van der Waals surface area contributed by atoms with Gasteiger partial charge in [0, 0.05) is 30.4 Å². The summed E-state index contributed by atoms with van der Waals surface area (Å²) < 4.78 is 0. The third-order valence-corrected chi connectivity index (χ3v) is 4.70. The molecule has 1 amide bonds. The van der Waals surface area contributed by atoms with Crippen LogP contribution in [0.1, 0.15) is 50.0 Å². The van der Waals surface area contributed by atoms with Crippen LogP contribution in [0.2, 0.25) is 0 Å². The zero-order valence-electron chi connectivity index (χ0n) is 13.9. The van der Waals surface area contributed by atoms with E-state index in [4.69, 9.17) is 0 Å². The SMILES string of the molecule is CCNc1ccc(C(=O)N2CC(C)CC(C)C2C)c(C)c1. The molecule has 116 valence electrons. The Morgan fingerprint density at radius 3 is 2.67 bits per heavy atom. The van der Waals surface area contributed by atoms with Gasteiger partial charge < -0.3 is 10.2 Å². The number of anilines is 1. The highest BCUT2D eigenvalue weighted by atomic mass is 16.2. The van der Waals surface area contributed by atoms with Gasteiger partial charge in [-0.05, 0) is 62.8 Å². The predicted octanol–water partition coefficient (Wildman–Crippen LogP) is 3.93. The smallest absolute Gasteiger partial charge is 0.254 e. The third kappa shape index (κ3) is 3.39. The van der Waals surface area contributed by atoms with Crippen LogP contribution in [0.15, 0.2) is 18.2 Å². The van der Waals surface area contributed by atoms with Crippen LogP contribution in [0.4, 0.5) is 5.69 Å². The summed E-state index contributed by atoms with van der Waals surface area (Å²) in [6.45, 7) is 12.5. The highest BCUT2D eigenvalue weighted by Crippen LogP contribution is 2.29. The van der Waals surface area contributed by atoms with Crippen LogP contribution in [-0.4, -0.2) is 29.9 Å². The van der Waals surface area contributed by atoms with Crippen molar-refractivity contribution in [3.63, 3.8) is 0 Å². The summed E-state index contributed by atoms with van der Waals surface area (Å²) in [5, 5.41) is 3.29. The van der Waals surface area contributed by atoms with Crippen LogP contribution < -0.4 is 5.32 Å². The molecule has 3 atom stereocenters. The summed E-state index contributed by atoms with van der Waals surface area (Å²) in [4.78, 5) is 15.0. The first-order chi connectivity index (χ1) is 9.93. The van der Waals surface area contributed by atoms with Crippen LogP contribution in [0.3, 0.4) is 0 Å². The second-order valence-electron chi connectivity index (χ2n) is 6.58. The predicted molar refractivity (Wildman–Crippen MR) is 88.8 cm³/mol. The molecule has 0 radical (unpaired) electrons. The van der Waals surface area contributed by atoms with Gasteiger partial charge in [0.1, 0.15) is 0 Å². The Kier molecular flexibility index (Phi) is 4.92. The zero-order valence-corrected chi connectivity index (χ0v) is 13.9. The number of carbonyl (C=O) groups is 1. The minimum Gasteiger partial charge on any atom is -0.385 e. The summed E-state index contributed by atoms with van der Waals surface area (Å²) in [5.74, 6) is 1.34. The largest absolute Gasteiger partial charge is 0.385 e. The molecule has 0 aromatic heterocycles. The van der Waals surface area contributed by atoms with Gasteiger partial charge in [0.2, 0.25) is 0 Å². The molecule has 1 aliphatic heterocycles. The number of piperidine rings is 1. The number of rotatable bonds is 3. The van der Waals surface area contributed by atoms with E-state index in [1.165, 1.54) is 6.42 Å². The summed E-state index contributed by atoms with van der Waals surface area (Å²) >= 11 is 0. The summed E-state index contributed by atoms with van der Waals surface area (Å²) in [6.07, 6.45) is 1.21. The number of nitrogens with zero attached hydrogens (tertiary/aromatic N) is 1. The minimum atomic E-state index is 0.182. The van der Waals surface area contributed by atoms with Crippen molar-refractivity contribution < 1.29 is 4.79 Å². The van der Waals surface area contributed by atoms with Crippen molar-refractivity contribution in [3.05, 3.63) is 29.3 Å². The van der Waals surface area contributed by atoms with Gasteiger partial charge in [-0.25, -0.2) is 0 Å². The second kappa shape index (κ2) is 6.50. The van der Waals surface area contributed by atoms with E-state index in [0.29, 0.717) is 17.9 Å². The Balaban J connectivity index is 2.23. The highest BCUT2D eigenvalue weighted by Gasteiger charge is 2.32. The molecule has 0 saturated carbocycles. The van der Waals surface area contributed by atoms with Crippen molar-refractivity contribution in [2.24, 2.45) is 11.8 Å². The van der Waals surface area contributed by atoms with Crippen molar-refractivity contribution in [1.82, 2.24) is 4.90 Å². The van der Waals surface area contributed by atoms with Crippen molar-refractivity contribution in [2.75, 3.05) is 18.4 Å². The molecule has 3 nitrogen and oxygen atoms in total. The van der Waals surface area contributed by atoms with E-state index in [1.54, 1.807) is 0 Å². The van der Waals surface area contributed by atoms with Crippen LogP contribution in [0, 0.1) is 18.8 Å². The Morgan fingerprint density at radius 2 is 2.05 bits per heavy atom. The Morgan fingerprint density at radius 1 is 1.33 bits per heavy atom. The fourth-order valence-corrected chi connectivity index (χ4v) is 3.36. The van der Waals surface area contributed by atoms with Crippen LogP contribution in [0.5, 0.6) is 0 Å². The Labute approximate surface area is 128 Å². The lowest BCUT2D eigenvalue weighted by atomic mass is 9.85. The number of likely N-dealkylation sites (tertiary alicyclic amines) is 1. The zero-order chi connectivity index (χ0) is 15.6. The van der Waals surface area contributed by atoms with E-state index < -0.39 is 0 Å². The molecule has 2 rings (SSSR count). The first-order valence-electron chi connectivity index (χ1n) is 8.09. The van der Waals surface area contributed by atoms with Gasteiger partial charge in [-0.2, -0.15) is 0 Å². The molecule has 3 heteroatoms. The lowest BCUT2D eigenvalue weighted by molar-refractivity contribution is 0.0455. The lowest BCUT2D eigenvalue weighted by Crippen LogP contribution is -2.49. The topological polar surface area (TPSA) is 32.3 Å². The average molecular weight is 288 g/mol. The van der Waals surface area contributed by atoms with Gasteiger partial charge in [-0.3, -0.25) is 4.79 Å². The van der Waals surface area contributed by atoms with Gasteiger partial charge >= 0.3 is 0 Å². The molecule has 0 bridgehead atoms. The lowest BCUT2D eigenvalue weighted by Gasteiger charge is -2.41. The first kappa shape index (κ1) is 15.9. The fraction of sp³-hybridized carbons (Fsp3) is 0.611. The fourth-order valence-electron chi connectivity index (χ4n) is 3.36. The van der Waals surface area contributed by atoms with Crippen molar-refractivity contribution in [3.8, 4) is 0 Å². The van der Waals surface area contributed by atoms with Crippen molar-refractivity contribution in [2.45, 2.75) is 47.1 Å². The molecule has 21 heavy (non-hydrogen) atoms. The van der Waals surface area contributed by atoms with Crippen molar-refractivity contribution >= 4 is 11.6 Å². The number of aryl methyl sites for hydroxylation is 1. The molecule has 0 aliphatic carbocycles. The maximum absolute atomic E-state index is 12.9. The molecule has 1 aliphatic rings. The molecule has 1 aromatic carbocycles. The molecule has 0 spiro atoms. The average Bonchev–Trinajstić information content (AvgIpc) is 2.42. The third-order valence-electron chi connectivity index (χ3n) is 4.70. The second-order valence-corrected chi connectivity index (χ2v) is 6.58. The maximum Gasteiger partial charge on any atom is 0.254 e. The maximum atomic E-state index is 12.9. The Hall–Kier alpha value is -1.51. The van der Waals surface area contributed by atoms with E-state index in [9.17, 15) is 4.79 Å². The quantitative estimate of drug-likeness (QED) is 0.914. The molecule has 1 saturated heterocycles. The minimum absolute atomic E-state index is 0.182. The monoisotopic (exact) mass is 288 g/mol. The highest BCUT2D eigenvalue weighted by molar-refractivity contribution is 5.96. The molecular formula is C18H28N2O. The van der Waals surface area contributed by atoms with Crippen LogP contribution >= 0.6 is 0 Å². The van der Waals surface area contributed by atoms with Gasteiger partial charge in [-0.15, -0.1) is 0 Å². The van der Waals surface area contributed by atoms with E-state index in [2.05, 4.69) is 44.0 Å². The molecule has 1 aromatic rings. The first-order valence-corrected chi connectivity index (χ1v) is 8.09. The van der Waals surface area contributed by atoms with Crippen molar-refractivity contribution in [1.29, 1.82) is 0 Å². The van der Waals surface area contributed by atoms with E-state index in [1.807, 2.05) is 19.1 Å². The van der Waals surface area contributed by atoms with E-state index >= 15 is 0 Å². The normalized spacial score (nSPS) is 25.8. The van der Waals surface area contributed by atoms with Crippen LogP contribution in [0.25, 0.3) is 0 Å². The summed E-state index contributed by atoms with van der Waals surface area (Å²) in [5.41, 5.74) is 2.97. The Bertz CT molecular complexity index is 512. The number of hydrogen-bond donors (Lipinski definition) is 1. The van der Waals surface area contributed by atoms with Gasteiger partial charge in [0.25, 0.3) is 5.91 Å². The summed E-state index contributed by atoms with van der Waals surface area (Å²) in [7, 11) is 0. The number of nitrogens with one attached hydrogen (secondary N) is 1. The standard InChI is InChI=1S/C18H28N2O/c1-6-19-16-7-8-17(14(4)10-16)18(21)20-11-12(2)9-13(3)15(20)5/h7-8,10,12-13,15,19H,6,9,11H2,1-5H3. The number of carbonyl (C=O) groups excluding carboxylic acids is 1. The number of benzene rings is 1. The molecule has 1 heterocycles. The van der Waals surface area contributed by atoms with Gasteiger partial charge in [0.15, 0.2) is 0 Å². The van der Waals surface area contributed by atoms with Gasteiger partial charge in [-0.1, -0.05) is 13.8 Å². The molecular weight excluding hydrogens is 260 g/mol. The molecule has 1 fully saturated rings. The van der Waals surface area contributed by atoms with Crippen LogP contribution in [-0.2, 0) is 0 Å². The number of hydrogen-bond acceptors (Lipinski definition) is 2.